The standard InChI is InChI=1S/C19H27N5/c1-3-4-12-22(2)18-10-11-20-19(21-18)24-15-13-23(14-16-24)17-8-6-5-7-9-17/h5-11H,3-4,12-16H2,1-2H3. The fraction of sp³-hybridized carbons (Fsp3) is 0.474. The minimum absolute atomic E-state index is 0.851. The third kappa shape index (κ3) is 3.96. The van der Waals surface area contributed by atoms with Crippen molar-refractivity contribution in [3.8, 4) is 0 Å². The first-order chi connectivity index (χ1) is 11.8. The lowest BCUT2D eigenvalue weighted by atomic mass is 10.2. The molecular weight excluding hydrogens is 298 g/mol. The lowest BCUT2D eigenvalue weighted by Crippen LogP contribution is -2.47. The van der Waals surface area contributed by atoms with E-state index in [0.29, 0.717) is 0 Å². The summed E-state index contributed by atoms with van der Waals surface area (Å²) in [6.45, 7) is 7.17. The Balaban J connectivity index is 1.62. The third-order valence-corrected chi connectivity index (χ3v) is 4.55. The number of nitrogens with zero attached hydrogens (tertiary/aromatic N) is 5. The smallest absolute Gasteiger partial charge is 0.227 e. The summed E-state index contributed by atoms with van der Waals surface area (Å²) in [5.41, 5.74) is 1.30. The van der Waals surface area contributed by atoms with Gasteiger partial charge in [-0.3, -0.25) is 0 Å². The van der Waals surface area contributed by atoms with Crippen LogP contribution in [0.5, 0.6) is 0 Å². The number of benzene rings is 1. The summed E-state index contributed by atoms with van der Waals surface area (Å²) in [5, 5.41) is 0. The molecule has 0 unspecified atom stereocenters. The van der Waals surface area contributed by atoms with E-state index in [1.54, 1.807) is 0 Å². The van der Waals surface area contributed by atoms with Gasteiger partial charge < -0.3 is 14.7 Å². The highest BCUT2D eigenvalue weighted by atomic mass is 15.3. The van der Waals surface area contributed by atoms with Crippen molar-refractivity contribution in [2.75, 3.05) is 54.5 Å². The molecule has 1 aromatic carbocycles. The quantitative estimate of drug-likeness (QED) is 0.816. The minimum Gasteiger partial charge on any atom is -0.368 e. The second-order valence-corrected chi connectivity index (χ2v) is 6.30. The Bertz CT molecular complexity index is 623. The van der Waals surface area contributed by atoms with Gasteiger partial charge in [-0.2, -0.15) is 4.98 Å². The molecule has 1 aromatic heterocycles. The zero-order valence-corrected chi connectivity index (χ0v) is 14.7. The summed E-state index contributed by atoms with van der Waals surface area (Å²) in [6, 6.07) is 12.6. The molecule has 5 heteroatoms. The number of anilines is 3. The van der Waals surface area contributed by atoms with Gasteiger partial charge >= 0.3 is 0 Å². The van der Waals surface area contributed by atoms with E-state index in [2.05, 4.69) is 64.0 Å². The van der Waals surface area contributed by atoms with Crippen LogP contribution in [0.3, 0.4) is 0 Å². The molecule has 2 aromatic rings. The average molecular weight is 325 g/mol. The number of para-hydroxylation sites is 1. The lowest BCUT2D eigenvalue weighted by Gasteiger charge is -2.36. The van der Waals surface area contributed by atoms with E-state index < -0.39 is 0 Å². The molecule has 1 fully saturated rings. The molecule has 0 bridgehead atoms. The highest BCUT2D eigenvalue weighted by Gasteiger charge is 2.19. The number of aromatic nitrogens is 2. The molecule has 128 valence electrons. The molecule has 0 spiro atoms. The van der Waals surface area contributed by atoms with Crippen molar-refractivity contribution in [1.29, 1.82) is 0 Å². The van der Waals surface area contributed by atoms with Crippen LogP contribution in [0, 0.1) is 0 Å². The van der Waals surface area contributed by atoms with Gasteiger partial charge in [0.1, 0.15) is 5.82 Å². The van der Waals surface area contributed by atoms with Crippen LogP contribution >= 0.6 is 0 Å². The largest absolute Gasteiger partial charge is 0.368 e. The molecule has 0 N–H and O–H groups in total. The predicted molar refractivity (Wildman–Crippen MR) is 101 cm³/mol. The first-order valence-electron chi connectivity index (χ1n) is 8.87. The van der Waals surface area contributed by atoms with Crippen molar-refractivity contribution in [1.82, 2.24) is 9.97 Å². The Kier molecular flexibility index (Phi) is 5.51. The van der Waals surface area contributed by atoms with E-state index in [1.165, 1.54) is 18.5 Å². The second kappa shape index (κ2) is 7.99. The molecular formula is C19H27N5. The number of unbranched alkanes of at least 4 members (excludes halogenated alkanes) is 1. The van der Waals surface area contributed by atoms with Gasteiger partial charge in [-0.25, -0.2) is 4.98 Å². The normalized spacial score (nSPS) is 14.8. The van der Waals surface area contributed by atoms with Crippen LogP contribution in [-0.2, 0) is 0 Å². The van der Waals surface area contributed by atoms with Gasteiger partial charge in [-0.1, -0.05) is 31.5 Å². The number of rotatable bonds is 6. The van der Waals surface area contributed by atoms with Crippen LogP contribution in [0.1, 0.15) is 19.8 Å². The zero-order valence-electron chi connectivity index (χ0n) is 14.7. The number of hydrogen-bond acceptors (Lipinski definition) is 5. The average Bonchev–Trinajstić information content (AvgIpc) is 2.67. The topological polar surface area (TPSA) is 35.5 Å². The molecule has 0 saturated carbocycles. The highest BCUT2D eigenvalue weighted by Crippen LogP contribution is 2.19. The summed E-state index contributed by atoms with van der Waals surface area (Å²) in [7, 11) is 2.11. The molecule has 1 saturated heterocycles. The van der Waals surface area contributed by atoms with E-state index in [9.17, 15) is 0 Å². The predicted octanol–water partition coefficient (Wildman–Crippen LogP) is 3.04. The highest BCUT2D eigenvalue weighted by molar-refractivity contribution is 5.49. The summed E-state index contributed by atoms with van der Waals surface area (Å²) in [4.78, 5) is 16.2. The summed E-state index contributed by atoms with van der Waals surface area (Å²) >= 11 is 0. The van der Waals surface area contributed by atoms with Crippen LogP contribution < -0.4 is 14.7 Å². The zero-order chi connectivity index (χ0) is 16.8. The second-order valence-electron chi connectivity index (χ2n) is 6.30. The van der Waals surface area contributed by atoms with Crippen LogP contribution in [0.15, 0.2) is 42.6 Å². The van der Waals surface area contributed by atoms with E-state index in [1.807, 2.05) is 12.3 Å². The molecule has 2 heterocycles. The van der Waals surface area contributed by atoms with E-state index in [0.717, 1.165) is 44.5 Å². The first kappa shape index (κ1) is 16.6. The van der Waals surface area contributed by atoms with Gasteiger partial charge in [0, 0.05) is 51.7 Å². The van der Waals surface area contributed by atoms with Gasteiger partial charge in [0.15, 0.2) is 0 Å². The van der Waals surface area contributed by atoms with E-state index in [4.69, 9.17) is 4.98 Å². The summed E-state index contributed by atoms with van der Waals surface area (Å²) < 4.78 is 0. The van der Waals surface area contributed by atoms with E-state index >= 15 is 0 Å². The van der Waals surface area contributed by atoms with Crippen LogP contribution in [0.2, 0.25) is 0 Å². The van der Waals surface area contributed by atoms with Crippen LogP contribution in [0.25, 0.3) is 0 Å². The Morgan fingerprint density at radius 1 is 1.00 bits per heavy atom. The van der Waals surface area contributed by atoms with Gasteiger partial charge in [0.2, 0.25) is 5.95 Å². The summed E-state index contributed by atoms with van der Waals surface area (Å²) in [5.74, 6) is 1.86. The van der Waals surface area contributed by atoms with Crippen molar-refractivity contribution in [2.24, 2.45) is 0 Å². The van der Waals surface area contributed by atoms with Crippen molar-refractivity contribution >= 4 is 17.5 Å². The first-order valence-corrected chi connectivity index (χ1v) is 8.87. The molecule has 0 radical (unpaired) electrons. The molecule has 24 heavy (non-hydrogen) atoms. The molecule has 1 aliphatic heterocycles. The van der Waals surface area contributed by atoms with Gasteiger partial charge in [0.05, 0.1) is 0 Å². The molecule has 0 atom stereocenters. The van der Waals surface area contributed by atoms with Gasteiger partial charge in [-0.05, 0) is 24.6 Å². The van der Waals surface area contributed by atoms with Gasteiger partial charge in [-0.15, -0.1) is 0 Å². The third-order valence-electron chi connectivity index (χ3n) is 4.55. The fourth-order valence-corrected chi connectivity index (χ4v) is 3.02. The number of piperazine rings is 1. The Morgan fingerprint density at radius 3 is 2.42 bits per heavy atom. The maximum Gasteiger partial charge on any atom is 0.227 e. The fourth-order valence-electron chi connectivity index (χ4n) is 3.02. The van der Waals surface area contributed by atoms with Crippen LogP contribution in [-0.4, -0.2) is 49.7 Å². The van der Waals surface area contributed by atoms with E-state index in [-0.39, 0.29) is 0 Å². The molecule has 3 rings (SSSR count). The monoisotopic (exact) mass is 325 g/mol. The molecule has 5 nitrogen and oxygen atoms in total. The minimum atomic E-state index is 0.851. The molecule has 0 aliphatic carbocycles. The maximum absolute atomic E-state index is 4.77. The molecule has 1 aliphatic rings. The van der Waals surface area contributed by atoms with Crippen molar-refractivity contribution < 1.29 is 0 Å². The van der Waals surface area contributed by atoms with Gasteiger partial charge in [0.25, 0.3) is 0 Å². The SMILES string of the molecule is CCCCN(C)c1ccnc(N2CCN(c3ccccc3)CC2)n1. The van der Waals surface area contributed by atoms with Crippen molar-refractivity contribution in [2.45, 2.75) is 19.8 Å². The molecule has 0 amide bonds. The van der Waals surface area contributed by atoms with Crippen molar-refractivity contribution in [3.63, 3.8) is 0 Å². The summed E-state index contributed by atoms with van der Waals surface area (Å²) in [6.07, 6.45) is 4.26. The number of hydrogen-bond donors (Lipinski definition) is 0. The lowest BCUT2D eigenvalue weighted by molar-refractivity contribution is 0.639. The van der Waals surface area contributed by atoms with Crippen molar-refractivity contribution in [3.05, 3.63) is 42.6 Å². The maximum atomic E-state index is 4.77. The van der Waals surface area contributed by atoms with Crippen LogP contribution in [0.4, 0.5) is 17.5 Å². The Morgan fingerprint density at radius 2 is 1.71 bits per heavy atom. The Labute approximate surface area is 144 Å². The Hall–Kier alpha value is -2.30.